The standard InChI is InChI=1S/C17H21N5O/c1-12(2)9-15(19-16(23)10-22-8-7-18-11-22)17-20-13-5-3-4-6-14(13)21-17/h3-8,11-12,15H,9-10H2,1-2H3,(H,19,23)(H,20,21). The molecule has 0 radical (unpaired) electrons. The number of nitrogens with one attached hydrogen (secondary N) is 2. The summed E-state index contributed by atoms with van der Waals surface area (Å²) in [6.07, 6.45) is 5.91. The number of benzene rings is 1. The Morgan fingerprint density at radius 1 is 1.35 bits per heavy atom. The molecule has 1 aromatic carbocycles. The summed E-state index contributed by atoms with van der Waals surface area (Å²) in [5, 5.41) is 3.08. The van der Waals surface area contributed by atoms with E-state index >= 15 is 0 Å². The van der Waals surface area contributed by atoms with E-state index in [1.54, 1.807) is 23.3 Å². The number of nitrogens with zero attached hydrogens (tertiary/aromatic N) is 3. The van der Waals surface area contributed by atoms with Crippen LogP contribution >= 0.6 is 0 Å². The van der Waals surface area contributed by atoms with Crippen molar-refractivity contribution in [3.05, 3.63) is 48.8 Å². The van der Waals surface area contributed by atoms with Crippen LogP contribution in [-0.4, -0.2) is 25.4 Å². The zero-order valence-electron chi connectivity index (χ0n) is 13.4. The van der Waals surface area contributed by atoms with Crippen molar-refractivity contribution in [2.45, 2.75) is 32.9 Å². The van der Waals surface area contributed by atoms with Crippen molar-refractivity contribution in [2.75, 3.05) is 0 Å². The molecule has 0 spiro atoms. The van der Waals surface area contributed by atoms with Crippen molar-refractivity contribution in [1.82, 2.24) is 24.8 Å². The Kier molecular flexibility index (Phi) is 4.41. The summed E-state index contributed by atoms with van der Waals surface area (Å²) in [6, 6.07) is 7.76. The highest BCUT2D eigenvalue weighted by Crippen LogP contribution is 2.21. The number of H-pyrrole nitrogens is 1. The van der Waals surface area contributed by atoms with Gasteiger partial charge in [-0.25, -0.2) is 9.97 Å². The Bertz CT molecular complexity index is 742. The minimum Gasteiger partial charge on any atom is -0.345 e. The third kappa shape index (κ3) is 3.77. The van der Waals surface area contributed by atoms with Crippen LogP contribution in [0.5, 0.6) is 0 Å². The van der Waals surface area contributed by atoms with E-state index < -0.39 is 0 Å². The molecule has 0 aliphatic carbocycles. The topological polar surface area (TPSA) is 75.6 Å². The van der Waals surface area contributed by atoms with Gasteiger partial charge in [-0.2, -0.15) is 0 Å². The fraction of sp³-hybridized carbons (Fsp3) is 0.353. The fourth-order valence-corrected chi connectivity index (χ4v) is 2.63. The number of aromatic amines is 1. The molecular weight excluding hydrogens is 290 g/mol. The largest absolute Gasteiger partial charge is 0.345 e. The van der Waals surface area contributed by atoms with Crippen molar-refractivity contribution >= 4 is 16.9 Å². The van der Waals surface area contributed by atoms with Crippen LogP contribution < -0.4 is 5.32 Å². The lowest BCUT2D eigenvalue weighted by Crippen LogP contribution is -2.32. The summed E-state index contributed by atoms with van der Waals surface area (Å²) >= 11 is 0. The van der Waals surface area contributed by atoms with Gasteiger partial charge < -0.3 is 14.9 Å². The minimum atomic E-state index is -0.126. The molecule has 2 aromatic heterocycles. The second-order valence-electron chi connectivity index (χ2n) is 6.12. The molecule has 23 heavy (non-hydrogen) atoms. The molecule has 0 fully saturated rings. The van der Waals surface area contributed by atoms with E-state index in [0.29, 0.717) is 5.92 Å². The van der Waals surface area contributed by atoms with Crippen LogP contribution in [0.15, 0.2) is 43.0 Å². The number of aromatic nitrogens is 4. The molecule has 2 heterocycles. The smallest absolute Gasteiger partial charge is 0.240 e. The number of carbonyl (C=O) groups is 1. The zero-order valence-corrected chi connectivity index (χ0v) is 13.4. The normalized spacial score (nSPS) is 12.7. The van der Waals surface area contributed by atoms with Crippen LogP contribution in [0.1, 0.15) is 32.1 Å². The van der Waals surface area contributed by atoms with Gasteiger partial charge in [-0.1, -0.05) is 26.0 Å². The molecule has 1 unspecified atom stereocenters. The number of rotatable bonds is 6. The van der Waals surface area contributed by atoms with Crippen LogP contribution in [0.25, 0.3) is 11.0 Å². The van der Waals surface area contributed by atoms with Gasteiger partial charge in [0.25, 0.3) is 0 Å². The molecule has 1 amide bonds. The molecule has 0 aliphatic rings. The van der Waals surface area contributed by atoms with Crippen LogP contribution in [-0.2, 0) is 11.3 Å². The number of amides is 1. The van der Waals surface area contributed by atoms with E-state index in [1.807, 2.05) is 24.3 Å². The summed E-state index contributed by atoms with van der Waals surface area (Å²) in [6.45, 7) is 4.53. The number of para-hydroxylation sites is 2. The number of fused-ring (bicyclic) bond motifs is 1. The molecule has 3 aromatic rings. The molecule has 0 saturated carbocycles. The Labute approximate surface area is 135 Å². The second kappa shape index (κ2) is 6.64. The lowest BCUT2D eigenvalue weighted by atomic mass is 10.0. The third-order valence-electron chi connectivity index (χ3n) is 3.67. The molecule has 1 atom stereocenters. The van der Waals surface area contributed by atoms with Crippen LogP contribution in [0.4, 0.5) is 0 Å². The first-order valence-corrected chi connectivity index (χ1v) is 7.81. The van der Waals surface area contributed by atoms with Crippen molar-refractivity contribution < 1.29 is 4.79 Å². The Balaban J connectivity index is 1.78. The summed E-state index contributed by atoms with van der Waals surface area (Å²) in [4.78, 5) is 24.2. The average molecular weight is 311 g/mol. The van der Waals surface area contributed by atoms with Gasteiger partial charge in [-0.15, -0.1) is 0 Å². The first-order chi connectivity index (χ1) is 11.1. The van der Waals surface area contributed by atoms with Crippen molar-refractivity contribution in [3.63, 3.8) is 0 Å². The summed E-state index contributed by atoms with van der Waals surface area (Å²) in [5.74, 6) is 1.20. The monoisotopic (exact) mass is 311 g/mol. The molecule has 2 N–H and O–H groups in total. The van der Waals surface area contributed by atoms with E-state index in [0.717, 1.165) is 23.3 Å². The molecule has 6 heteroatoms. The first kappa shape index (κ1) is 15.3. The number of hydrogen-bond donors (Lipinski definition) is 2. The molecule has 3 rings (SSSR count). The summed E-state index contributed by atoms with van der Waals surface area (Å²) in [7, 11) is 0. The van der Waals surface area contributed by atoms with Gasteiger partial charge >= 0.3 is 0 Å². The van der Waals surface area contributed by atoms with Crippen LogP contribution in [0.3, 0.4) is 0 Å². The van der Waals surface area contributed by atoms with E-state index in [4.69, 9.17) is 0 Å². The van der Waals surface area contributed by atoms with Gasteiger partial charge in [0.1, 0.15) is 12.4 Å². The van der Waals surface area contributed by atoms with E-state index in [-0.39, 0.29) is 18.5 Å². The lowest BCUT2D eigenvalue weighted by Gasteiger charge is -2.18. The molecule has 0 saturated heterocycles. The van der Waals surface area contributed by atoms with Gasteiger partial charge in [-0.05, 0) is 24.5 Å². The van der Waals surface area contributed by atoms with E-state index in [2.05, 4.69) is 34.1 Å². The third-order valence-corrected chi connectivity index (χ3v) is 3.67. The van der Waals surface area contributed by atoms with Crippen molar-refractivity contribution in [3.8, 4) is 0 Å². The maximum Gasteiger partial charge on any atom is 0.240 e. The molecule has 6 nitrogen and oxygen atoms in total. The maximum absolute atomic E-state index is 12.3. The van der Waals surface area contributed by atoms with Crippen molar-refractivity contribution in [1.29, 1.82) is 0 Å². The molecule has 120 valence electrons. The van der Waals surface area contributed by atoms with E-state index in [9.17, 15) is 4.79 Å². The molecular formula is C17H21N5O. The fourth-order valence-electron chi connectivity index (χ4n) is 2.63. The van der Waals surface area contributed by atoms with Crippen LogP contribution in [0, 0.1) is 5.92 Å². The van der Waals surface area contributed by atoms with Gasteiger partial charge in [0.2, 0.25) is 5.91 Å². The molecule has 0 aliphatic heterocycles. The summed E-state index contributed by atoms with van der Waals surface area (Å²) in [5.41, 5.74) is 1.90. The Morgan fingerprint density at radius 3 is 2.87 bits per heavy atom. The average Bonchev–Trinajstić information content (AvgIpc) is 3.14. The predicted molar refractivity (Wildman–Crippen MR) is 88.7 cm³/mol. The highest BCUT2D eigenvalue weighted by molar-refractivity contribution is 5.77. The number of imidazole rings is 2. The van der Waals surface area contributed by atoms with Gasteiger partial charge in [0.15, 0.2) is 0 Å². The highest BCUT2D eigenvalue weighted by Gasteiger charge is 2.19. The first-order valence-electron chi connectivity index (χ1n) is 7.81. The number of carbonyl (C=O) groups excluding carboxylic acids is 1. The van der Waals surface area contributed by atoms with Gasteiger partial charge in [0, 0.05) is 12.4 Å². The SMILES string of the molecule is CC(C)CC(NC(=O)Cn1ccnc1)c1nc2ccccc2[nH]1. The second-order valence-corrected chi connectivity index (χ2v) is 6.12. The zero-order chi connectivity index (χ0) is 16.2. The molecule has 0 bridgehead atoms. The Morgan fingerprint density at radius 2 is 2.17 bits per heavy atom. The van der Waals surface area contributed by atoms with Crippen LogP contribution in [0.2, 0.25) is 0 Å². The van der Waals surface area contributed by atoms with Crippen molar-refractivity contribution in [2.24, 2.45) is 5.92 Å². The number of hydrogen-bond acceptors (Lipinski definition) is 3. The van der Waals surface area contributed by atoms with E-state index in [1.165, 1.54) is 0 Å². The highest BCUT2D eigenvalue weighted by atomic mass is 16.2. The van der Waals surface area contributed by atoms with Gasteiger partial charge in [0.05, 0.1) is 23.4 Å². The Hall–Kier alpha value is -2.63. The predicted octanol–water partition coefficient (Wildman–Crippen LogP) is 2.66. The van der Waals surface area contributed by atoms with Gasteiger partial charge in [-0.3, -0.25) is 4.79 Å². The minimum absolute atomic E-state index is 0.0471. The maximum atomic E-state index is 12.3. The quantitative estimate of drug-likeness (QED) is 0.735. The summed E-state index contributed by atoms with van der Waals surface area (Å²) < 4.78 is 1.75. The lowest BCUT2D eigenvalue weighted by molar-refractivity contribution is -0.122.